The molecule has 1 fully saturated rings. The summed E-state index contributed by atoms with van der Waals surface area (Å²) in [6.07, 6.45) is 1.38. The molecule has 9 nitrogen and oxygen atoms in total. The van der Waals surface area contributed by atoms with Gasteiger partial charge in [0, 0.05) is 13.1 Å². The van der Waals surface area contributed by atoms with Crippen LogP contribution in [0.4, 0.5) is 17.3 Å². The van der Waals surface area contributed by atoms with E-state index in [1.54, 1.807) is 4.90 Å². The third-order valence-electron chi connectivity index (χ3n) is 3.30. The van der Waals surface area contributed by atoms with Crippen LogP contribution in [0, 0.1) is 0 Å². The number of morpholine rings is 1. The van der Waals surface area contributed by atoms with Gasteiger partial charge >= 0.3 is 0 Å². The van der Waals surface area contributed by atoms with E-state index in [2.05, 4.69) is 25.9 Å². The van der Waals surface area contributed by atoms with Gasteiger partial charge < -0.3 is 25.6 Å². The summed E-state index contributed by atoms with van der Waals surface area (Å²) in [5, 5.41) is 8.54. The Kier molecular flexibility index (Phi) is 3.82. The van der Waals surface area contributed by atoms with Gasteiger partial charge in [0.2, 0.25) is 11.8 Å². The van der Waals surface area contributed by atoms with Gasteiger partial charge in [0.1, 0.15) is 12.0 Å². The minimum absolute atomic E-state index is 0.0271. The standard InChI is InChI=1S/C12H16N6O3/c19-8-5-13-11-10(17-8)12(16-7-15-11)14-6-9(20)18-1-3-21-4-2-18/h7H,1-6H2,(H,17,19)(H2,13,14,15,16). The molecule has 1 aromatic heterocycles. The molecule has 1 saturated heterocycles. The van der Waals surface area contributed by atoms with Gasteiger partial charge in [-0.05, 0) is 0 Å². The predicted octanol–water partition coefficient (Wildman–Crippen LogP) is -0.889. The molecule has 0 spiro atoms. The minimum atomic E-state index is -0.167. The number of ether oxygens (including phenoxy) is 1. The number of nitrogens with zero attached hydrogens (tertiary/aromatic N) is 3. The number of carbonyl (C=O) groups is 2. The number of hydrogen-bond acceptors (Lipinski definition) is 7. The second-order valence-corrected chi connectivity index (χ2v) is 4.69. The molecular weight excluding hydrogens is 276 g/mol. The maximum atomic E-state index is 12.1. The summed E-state index contributed by atoms with van der Waals surface area (Å²) in [7, 11) is 0. The first-order chi connectivity index (χ1) is 10.2. The molecule has 2 aliphatic heterocycles. The van der Waals surface area contributed by atoms with Crippen molar-refractivity contribution in [3.8, 4) is 0 Å². The van der Waals surface area contributed by atoms with Gasteiger partial charge in [0.25, 0.3) is 0 Å². The van der Waals surface area contributed by atoms with Crippen molar-refractivity contribution in [2.24, 2.45) is 0 Å². The third-order valence-corrected chi connectivity index (χ3v) is 3.30. The molecule has 3 N–H and O–H groups in total. The zero-order valence-electron chi connectivity index (χ0n) is 11.4. The summed E-state index contributed by atoms with van der Waals surface area (Å²) in [5.41, 5.74) is 0.475. The number of fused-ring (bicyclic) bond motifs is 1. The number of rotatable bonds is 3. The molecule has 0 unspecified atom stereocenters. The maximum absolute atomic E-state index is 12.1. The van der Waals surface area contributed by atoms with E-state index in [-0.39, 0.29) is 24.9 Å². The van der Waals surface area contributed by atoms with Crippen molar-refractivity contribution in [1.82, 2.24) is 14.9 Å². The van der Waals surface area contributed by atoms with Crippen LogP contribution in [0.1, 0.15) is 0 Å². The highest BCUT2D eigenvalue weighted by Crippen LogP contribution is 2.28. The second kappa shape index (κ2) is 5.92. The van der Waals surface area contributed by atoms with E-state index in [4.69, 9.17) is 4.74 Å². The molecule has 2 aliphatic rings. The van der Waals surface area contributed by atoms with E-state index in [1.807, 2.05) is 0 Å². The molecule has 0 atom stereocenters. The lowest BCUT2D eigenvalue weighted by Gasteiger charge is -2.27. The smallest absolute Gasteiger partial charge is 0.243 e. The van der Waals surface area contributed by atoms with Crippen LogP contribution in [-0.4, -0.2) is 66.1 Å². The summed E-state index contributed by atoms with van der Waals surface area (Å²) < 4.78 is 5.21. The highest BCUT2D eigenvalue weighted by Gasteiger charge is 2.21. The minimum Gasteiger partial charge on any atom is -0.378 e. The SMILES string of the molecule is O=C1CNc2ncnc(NCC(=O)N3CCOCC3)c2N1. The van der Waals surface area contributed by atoms with Crippen LogP contribution in [0.25, 0.3) is 0 Å². The van der Waals surface area contributed by atoms with Gasteiger partial charge in [0.15, 0.2) is 11.6 Å². The van der Waals surface area contributed by atoms with Crippen molar-refractivity contribution >= 4 is 29.1 Å². The van der Waals surface area contributed by atoms with E-state index >= 15 is 0 Å². The van der Waals surface area contributed by atoms with E-state index in [0.717, 1.165) is 0 Å². The molecule has 0 saturated carbocycles. The Balaban J connectivity index is 1.65. The molecule has 2 amide bonds. The fourth-order valence-electron chi connectivity index (χ4n) is 2.20. The summed E-state index contributed by atoms with van der Waals surface area (Å²) in [4.78, 5) is 33.3. The summed E-state index contributed by atoms with van der Waals surface area (Å²) >= 11 is 0. The molecule has 0 bridgehead atoms. The lowest BCUT2D eigenvalue weighted by Crippen LogP contribution is -2.43. The number of carbonyl (C=O) groups excluding carboxylic acids is 2. The highest BCUT2D eigenvalue weighted by atomic mass is 16.5. The predicted molar refractivity (Wildman–Crippen MR) is 75.0 cm³/mol. The van der Waals surface area contributed by atoms with Gasteiger partial charge in [-0.3, -0.25) is 9.59 Å². The zero-order valence-corrected chi connectivity index (χ0v) is 11.4. The van der Waals surface area contributed by atoms with Crippen LogP contribution in [0.15, 0.2) is 6.33 Å². The van der Waals surface area contributed by atoms with Crippen molar-refractivity contribution in [2.75, 3.05) is 55.3 Å². The van der Waals surface area contributed by atoms with E-state index in [1.165, 1.54) is 6.33 Å². The Hall–Kier alpha value is -2.42. The molecule has 3 heterocycles. The first kappa shape index (κ1) is 13.6. The molecular formula is C12H16N6O3. The van der Waals surface area contributed by atoms with Gasteiger partial charge in [-0.25, -0.2) is 9.97 Å². The first-order valence-electron chi connectivity index (χ1n) is 6.72. The fraction of sp³-hybridized carbons (Fsp3) is 0.500. The van der Waals surface area contributed by atoms with Crippen molar-refractivity contribution < 1.29 is 14.3 Å². The van der Waals surface area contributed by atoms with Crippen molar-refractivity contribution in [2.45, 2.75) is 0 Å². The molecule has 1 aromatic rings. The molecule has 0 radical (unpaired) electrons. The van der Waals surface area contributed by atoms with E-state index in [0.29, 0.717) is 43.6 Å². The first-order valence-corrected chi connectivity index (χ1v) is 6.72. The normalized spacial score (nSPS) is 17.5. The number of amides is 2. The third kappa shape index (κ3) is 3.02. The van der Waals surface area contributed by atoms with Crippen LogP contribution in [0.3, 0.4) is 0 Å². The topological polar surface area (TPSA) is 108 Å². The summed E-state index contributed by atoms with van der Waals surface area (Å²) in [6.45, 7) is 2.61. The van der Waals surface area contributed by atoms with Crippen LogP contribution >= 0.6 is 0 Å². The van der Waals surface area contributed by atoms with E-state index in [9.17, 15) is 9.59 Å². The average Bonchev–Trinajstić information content (AvgIpc) is 2.53. The van der Waals surface area contributed by atoms with Crippen LogP contribution in [0.2, 0.25) is 0 Å². The molecule has 9 heteroatoms. The molecule has 3 rings (SSSR count). The summed E-state index contributed by atoms with van der Waals surface area (Å²) in [5.74, 6) is 0.786. The highest BCUT2D eigenvalue weighted by molar-refractivity contribution is 6.02. The largest absolute Gasteiger partial charge is 0.378 e. The Morgan fingerprint density at radius 1 is 1.38 bits per heavy atom. The number of aromatic nitrogens is 2. The van der Waals surface area contributed by atoms with E-state index < -0.39 is 0 Å². The van der Waals surface area contributed by atoms with Gasteiger partial charge in [0.05, 0.1) is 26.3 Å². The average molecular weight is 292 g/mol. The summed E-state index contributed by atoms with van der Waals surface area (Å²) in [6, 6.07) is 0. The molecule has 21 heavy (non-hydrogen) atoms. The van der Waals surface area contributed by atoms with Crippen LogP contribution in [-0.2, 0) is 14.3 Å². The Bertz CT molecular complexity index is 558. The Labute approximate surface area is 121 Å². The molecule has 112 valence electrons. The molecule has 0 aromatic carbocycles. The van der Waals surface area contributed by atoms with Gasteiger partial charge in [-0.1, -0.05) is 0 Å². The Morgan fingerprint density at radius 2 is 2.19 bits per heavy atom. The maximum Gasteiger partial charge on any atom is 0.243 e. The number of nitrogens with one attached hydrogen (secondary N) is 3. The van der Waals surface area contributed by atoms with Crippen molar-refractivity contribution in [3.63, 3.8) is 0 Å². The fourth-order valence-corrected chi connectivity index (χ4v) is 2.20. The number of hydrogen-bond donors (Lipinski definition) is 3. The zero-order chi connectivity index (χ0) is 14.7. The van der Waals surface area contributed by atoms with Crippen molar-refractivity contribution in [1.29, 1.82) is 0 Å². The lowest BCUT2D eigenvalue weighted by atomic mass is 10.3. The number of anilines is 3. The van der Waals surface area contributed by atoms with Crippen LogP contribution < -0.4 is 16.0 Å². The lowest BCUT2D eigenvalue weighted by molar-refractivity contribution is -0.133. The van der Waals surface area contributed by atoms with Gasteiger partial charge in [-0.2, -0.15) is 0 Å². The van der Waals surface area contributed by atoms with Gasteiger partial charge in [-0.15, -0.1) is 0 Å². The second-order valence-electron chi connectivity index (χ2n) is 4.69. The molecule has 0 aliphatic carbocycles. The van der Waals surface area contributed by atoms with Crippen LogP contribution in [0.5, 0.6) is 0 Å². The van der Waals surface area contributed by atoms with Crippen molar-refractivity contribution in [3.05, 3.63) is 6.33 Å². The quantitative estimate of drug-likeness (QED) is 0.663. The Morgan fingerprint density at radius 3 is 3.00 bits per heavy atom. The monoisotopic (exact) mass is 292 g/mol.